The molecule has 0 aliphatic heterocycles. The van der Waals surface area contributed by atoms with Gasteiger partial charge in [0, 0.05) is 6.61 Å². The Morgan fingerprint density at radius 1 is 0.667 bits per heavy atom. The standard InChI is InChI=1S/C13H27O.Al.2H/c1-2-3-4-5-6-7-8-9-10-11-12-13-14;;;/h2-13H2,1H3;;;/q-1;+1;;. The van der Waals surface area contributed by atoms with Crippen LogP contribution in [0.4, 0.5) is 0 Å². The van der Waals surface area contributed by atoms with E-state index in [9.17, 15) is 0 Å². The van der Waals surface area contributed by atoms with Crippen molar-refractivity contribution in [2.75, 3.05) is 6.61 Å². The number of hydrogen-bond acceptors (Lipinski definition) is 1. The van der Waals surface area contributed by atoms with Gasteiger partial charge in [-0.1, -0.05) is 71.1 Å². The third-order valence-corrected chi connectivity index (χ3v) is 3.36. The van der Waals surface area contributed by atoms with E-state index in [1.54, 1.807) is 0 Å². The van der Waals surface area contributed by atoms with Gasteiger partial charge in [0.05, 0.1) is 0 Å². The number of rotatable bonds is 12. The maximum atomic E-state index is 5.16. The molecule has 0 aliphatic rings. The second-order valence-electron chi connectivity index (χ2n) is 4.53. The van der Waals surface area contributed by atoms with Gasteiger partial charge in [-0.2, -0.15) is 0 Å². The lowest BCUT2D eigenvalue weighted by molar-refractivity contribution is 0.332. The molecular formula is C13H29AlO. The summed E-state index contributed by atoms with van der Waals surface area (Å²) in [6.45, 7) is 3.28. The summed E-state index contributed by atoms with van der Waals surface area (Å²) in [4.78, 5) is 0. The Balaban J connectivity index is 2.81. The van der Waals surface area contributed by atoms with Crippen LogP contribution >= 0.6 is 0 Å². The van der Waals surface area contributed by atoms with Gasteiger partial charge >= 0.3 is 16.6 Å². The maximum Gasteiger partial charge on any atom is 0.410 e. The van der Waals surface area contributed by atoms with Crippen molar-refractivity contribution in [3.05, 3.63) is 0 Å². The Kier molecular flexibility index (Phi) is 15.0. The van der Waals surface area contributed by atoms with Crippen molar-refractivity contribution in [3.8, 4) is 0 Å². The summed E-state index contributed by atoms with van der Waals surface area (Å²) >= 11 is 0.910. The molecule has 0 N–H and O–H groups in total. The molecule has 2 heteroatoms. The van der Waals surface area contributed by atoms with Gasteiger partial charge < -0.3 is 3.79 Å². The molecule has 0 unspecified atom stereocenters. The Bertz CT molecular complexity index is 94.7. The van der Waals surface area contributed by atoms with Crippen LogP contribution in [0.1, 0.15) is 77.6 Å². The first-order valence-corrected chi connectivity index (χ1v) is 7.72. The third-order valence-electron chi connectivity index (χ3n) is 2.95. The first-order valence-electron chi connectivity index (χ1n) is 6.90. The summed E-state index contributed by atoms with van der Waals surface area (Å²) in [5.74, 6) is 0. The summed E-state index contributed by atoms with van der Waals surface area (Å²) < 4.78 is 5.16. The van der Waals surface area contributed by atoms with E-state index in [1.165, 1.54) is 70.6 Å². The van der Waals surface area contributed by atoms with Gasteiger partial charge in [0.2, 0.25) is 0 Å². The van der Waals surface area contributed by atoms with Crippen LogP contribution in [-0.2, 0) is 3.79 Å². The molecule has 0 amide bonds. The van der Waals surface area contributed by atoms with Crippen molar-refractivity contribution in [3.63, 3.8) is 0 Å². The van der Waals surface area contributed by atoms with Crippen LogP contribution in [0.2, 0.25) is 0 Å². The molecule has 0 rings (SSSR count). The van der Waals surface area contributed by atoms with Crippen LogP contribution in [0.25, 0.3) is 0 Å². The normalized spacial score (nSPS) is 10.7. The fourth-order valence-corrected chi connectivity index (χ4v) is 2.20. The summed E-state index contributed by atoms with van der Waals surface area (Å²) in [6, 6.07) is 0. The van der Waals surface area contributed by atoms with Crippen molar-refractivity contribution in [1.29, 1.82) is 0 Å². The summed E-state index contributed by atoms with van der Waals surface area (Å²) in [5, 5.41) is 0. The minimum absolute atomic E-state index is 0.910. The van der Waals surface area contributed by atoms with Crippen molar-refractivity contribution < 1.29 is 3.79 Å². The van der Waals surface area contributed by atoms with Crippen molar-refractivity contribution in [1.82, 2.24) is 0 Å². The van der Waals surface area contributed by atoms with E-state index >= 15 is 0 Å². The van der Waals surface area contributed by atoms with E-state index in [4.69, 9.17) is 3.79 Å². The Morgan fingerprint density at radius 2 is 1.07 bits per heavy atom. The first kappa shape index (κ1) is 15.5. The molecule has 0 aromatic heterocycles. The third kappa shape index (κ3) is 14.5. The highest BCUT2D eigenvalue weighted by Gasteiger charge is 1.92. The lowest BCUT2D eigenvalue weighted by Gasteiger charge is -2.02. The fourth-order valence-electron chi connectivity index (χ4n) is 1.91. The zero-order chi connectivity index (χ0) is 11.2. The van der Waals surface area contributed by atoms with Crippen LogP contribution in [0, 0.1) is 0 Å². The zero-order valence-corrected chi connectivity index (χ0v) is 12.9. The van der Waals surface area contributed by atoms with Crippen LogP contribution < -0.4 is 0 Å². The topological polar surface area (TPSA) is 9.23 Å². The highest BCUT2D eigenvalue weighted by atomic mass is 27.1. The predicted molar refractivity (Wildman–Crippen MR) is 71.0 cm³/mol. The van der Waals surface area contributed by atoms with E-state index in [0.717, 1.165) is 23.2 Å². The van der Waals surface area contributed by atoms with Gasteiger partial charge in [0.15, 0.2) is 0 Å². The molecule has 0 heterocycles. The van der Waals surface area contributed by atoms with E-state index in [1.807, 2.05) is 0 Å². The van der Waals surface area contributed by atoms with Crippen LogP contribution in [0.15, 0.2) is 0 Å². The predicted octanol–water partition coefficient (Wildman–Crippen LogP) is 3.86. The molecule has 0 atom stereocenters. The van der Waals surface area contributed by atoms with E-state index in [0.29, 0.717) is 0 Å². The van der Waals surface area contributed by atoms with Gasteiger partial charge in [-0.3, -0.25) is 0 Å². The van der Waals surface area contributed by atoms with Crippen molar-refractivity contribution >= 4 is 16.6 Å². The van der Waals surface area contributed by atoms with Crippen LogP contribution in [0.3, 0.4) is 0 Å². The molecule has 1 nitrogen and oxygen atoms in total. The quantitative estimate of drug-likeness (QED) is 0.364. The van der Waals surface area contributed by atoms with E-state index in [-0.39, 0.29) is 0 Å². The van der Waals surface area contributed by atoms with E-state index < -0.39 is 0 Å². The molecular weight excluding hydrogens is 199 g/mol. The summed E-state index contributed by atoms with van der Waals surface area (Å²) in [5.41, 5.74) is 0. The summed E-state index contributed by atoms with van der Waals surface area (Å²) in [7, 11) is 0. The molecule has 0 saturated carbocycles. The molecule has 0 aliphatic carbocycles. The van der Waals surface area contributed by atoms with Gasteiger partial charge in [-0.25, -0.2) is 0 Å². The Labute approximate surface area is 105 Å². The SMILES string of the molecule is CCCCCCCCCCCCC[O][AlH2]. The molecule has 0 spiro atoms. The smallest absolute Gasteiger partial charge is 0.410 e. The second-order valence-corrected chi connectivity index (χ2v) is 5.11. The average molecular weight is 228 g/mol. The summed E-state index contributed by atoms with van der Waals surface area (Å²) in [6.07, 6.45) is 15.6. The lowest BCUT2D eigenvalue weighted by atomic mass is 10.1. The van der Waals surface area contributed by atoms with E-state index in [2.05, 4.69) is 6.92 Å². The first-order chi connectivity index (χ1) is 7.41. The monoisotopic (exact) mass is 228 g/mol. The average Bonchev–Trinajstić information content (AvgIpc) is 2.26. The number of unbranched alkanes of at least 4 members (excludes halogenated alkanes) is 10. The molecule has 0 aromatic rings. The minimum Gasteiger partial charge on any atom is -0.506 e. The Morgan fingerprint density at radius 3 is 1.47 bits per heavy atom. The molecule has 0 bridgehead atoms. The van der Waals surface area contributed by atoms with Crippen LogP contribution in [-0.4, -0.2) is 23.2 Å². The highest BCUT2D eigenvalue weighted by molar-refractivity contribution is 5.97. The largest absolute Gasteiger partial charge is 0.506 e. The molecule has 90 valence electrons. The molecule has 0 aromatic carbocycles. The second kappa shape index (κ2) is 14.5. The molecule has 0 radical (unpaired) electrons. The maximum absolute atomic E-state index is 5.16. The lowest BCUT2D eigenvalue weighted by Crippen LogP contribution is -1.89. The molecule has 15 heavy (non-hydrogen) atoms. The zero-order valence-electron chi connectivity index (χ0n) is 10.9. The molecule has 0 saturated heterocycles. The van der Waals surface area contributed by atoms with Gasteiger partial charge in [0.1, 0.15) is 0 Å². The highest BCUT2D eigenvalue weighted by Crippen LogP contribution is 2.10. The van der Waals surface area contributed by atoms with Gasteiger partial charge in [0.25, 0.3) is 0 Å². The minimum atomic E-state index is 0.910. The fraction of sp³-hybridized carbons (Fsp3) is 1.00. The molecule has 0 fully saturated rings. The Hall–Kier alpha value is 0.492. The van der Waals surface area contributed by atoms with Gasteiger partial charge in [-0.05, 0) is 6.42 Å². The van der Waals surface area contributed by atoms with Gasteiger partial charge in [-0.15, -0.1) is 0 Å². The number of hydrogen-bond donors (Lipinski definition) is 0. The van der Waals surface area contributed by atoms with Crippen molar-refractivity contribution in [2.45, 2.75) is 77.6 Å². The van der Waals surface area contributed by atoms with Crippen molar-refractivity contribution in [2.24, 2.45) is 0 Å². The van der Waals surface area contributed by atoms with Crippen LogP contribution in [0.5, 0.6) is 0 Å².